The third kappa shape index (κ3) is 1.57. The summed E-state index contributed by atoms with van der Waals surface area (Å²) in [6.07, 6.45) is 0. The molecular formula is C5H11N3O3S. The Balaban J connectivity index is 2.76. The van der Waals surface area contributed by atoms with Gasteiger partial charge >= 0.3 is 0 Å². The van der Waals surface area contributed by atoms with E-state index < -0.39 is 16.1 Å². The summed E-state index contributed by atoms with van der Waals surface area (Å²) in [7, 11) is -1.93. The topological polar surface area (TPSA) is 83.7 Å². The molecule has 0 unspecified atom stereocenters. The molecule has 0 aromatic heterocycles. The molecule has 2 N–H and O–H groups in total. The van der Waals surface area contributed by atoms with Crippen LogP contribution in [-0.2, 0) is 15.0 Å². The Labute approximate surface area is 71.1 Å². The summed E-state index contributed by atoms with van der Waals surface area (Å²) in [6, 6.07) is 0. The van der Waals surface area contributed by atoms with Gasteiger partial charge in [0.1, 0.15) is 0 Å². The average molecular weight is 193 g/mol. The van der Waals surface area contributed by atoms with Gasteiger partial charge in [-0.3, -0.25) is 4.79 Å². The first kappa shape index (κ1) is 9.43. The van der Waals surface area contributed by atoms with Crippen LogP contribution in [0.1, 0.15) is 0 Å². The van der Waals surface area contributed by atoms with Crippen LogP contribution in [0.5, 0.6) is 0 Å². The number of rotatable bonds is 2. The van der Waals surface area contributed by atoms with E-state index in [1.807, 2.05) is 0 Å². The Kier molecular flexibility index (Phi) is 2.36. The van der Waals surface area contributed by atoms with Gasteiger partial charge in [-0.25, -0.2) is 0 Å². The van der Waals surface area contributed by atoms with E-state index in [4.69, 9.17) is 5.73 Å². The Hall–Kier alpha value is -0.660. The summed E-state index contributed by atoms with van der Waals surface area (Å²) < 4.78 is 24.8. The Bertz CT molecular complexity index is 286. The molecule has 12 heavy (non-hydrogen) atoms. The van der Waals surface area contributed by atoms with Crippen molar-refractivity contribution in [1.29, 1.82) is 0 Å². The van der Waals surface area contributed by atoms with Gasteiger partial charge in [-0.1, -0.05) is 0 Å². The number of carbonyl (C=O) groups is 1. The van der Waals surface area contributed by atoms with Gasteiger partial charge in [0, 0.05) is 20.1 Å². The Morgan fingerprint density at radius 1 is 1.50 bits per heavy atom. The molecular weight excluding hydrogens is 182 g/mol. The van der Waals surface area contributed by atoms with Crippen LogP contribution in [0.25, 0.3) is 0 Å². The molecule has 0 bridgehead atoms. The van der Waals surface area contributed by atoms with E-state index >= 15 is 0 Å². The highest BCUT2D eigenvalue weighted by atomic mass is 32.2. The molecule has 0 aromatic rings. The van der Waals surface area contributed by atoms with Gasteiger partial charge in [0.25, 0.3) is 10.2 Å². The van der Waals surface area contributed by atoms with Crippen molar-refractivity contribution in [3.8, 4) is 0 Å². The van der Waals surface area contributed by atoms with Crippen molar-refractivity contribution in [2.24, 2.45) is 5.73 Å². The number of hydrogen-bond acceptors (Lipinski definition) is 3. The molecule has 0 radical (unpaired) electrons. The van der Waals surface area contributed by atoms with Crippen LogP contribution in [0, 0.1) is 0 Å². The maximum Gasteiger partial charge on any atom is 0.282 e. The lowest BCUT2D eigenvalue weighted by Gasteiger charge is -2.13. The first-order chi connectivity index (χ1) is 5.44. The highest BCUT2D eigenvalue weighted by Crippen LogP contribution is 2.12. The molecule has 0 saturated carbocycles. The van der Waals surface area contributed by atoms with Gasteiger partial charge in [-0.2, -0.15) is 17.0 Å². The van der Waals surface area contributed by atoms with Crippen molar-refractivity contribution < 1.29 is 13.2 Å². The normalized spacial score (nSPS) is 24.4. The molecule has 0 aromatic carbocycles. The average Bonchev–Trinajstić information content (AvgIpc) is 2.15. The Morgan fingerprint density at radius 2 is 2.08 bits per heavy atom. The maximum absolute atomic E-state index is 11.3. The number of carbonyl (C=O) groups excluding carboxylic acids is 1. The predicted octanol–water partition coefficient (Wildman–Crippen LogP) is -2.04. The number of likely N-dealkylation sites (N-methyl/N-ethyl adjacent to an activating group) is 1. The number of nitrogens with zero attached hydrogens (tertiary/aromatic N) is 2. The largest absolute Gasteiger partial charge is 0.369 e. The summed E-state index contributed by atoms with van der Waals surface area (Å²) in [6.45, 7) is 0.518. The third-order valence-electron chi connectivity index (χ3n) is 1.72. The number of nitrogens with two attached hydrogens (primary N) is 1. The minimum absolute atomic E-state index is 0.229. The zero-order chi connectivity index (χ0) is 9.35. The fraction of sp³-hybridized carbons (Fsp3) is 0.800. The van der Waals surface area contributed by atoms with Gasteiger partial charge in [-0.15, -0.1) is 0 Å². The van der Waals surface area contributed by atoms with Crippen LogP contribution in [0.3, 0.4) is 0 Å². The lowest BCUT2D eigenvalue weighted by molar-refractivity contribution is -0.118. The molecule has 1 rings (SSSR count). The number of hydrogen-bond donors (Lipinski definition) is 1. The molecule has 0 aliphatic carbocycles. The van der Waals surface area contributed by atoms with Crippen molar-refractivity contribution in [2.75, 3.05) is 26.7 Å². The van der Waals surface area contributed by atoms with Gasteiger partial charge < -0.3 is 5.73 Å². The molecule has 0 spiro atoms. The second-order valence-electron chi connectivity index (χ2n) is 2.63. The number of amides is 1. The number of primary amides is 1. The van der Waals surface area contributed by atoms with Crippen molar-refractivity contribution in [3.63, 3.8) is 0 Å². The second-order valence-corrected chi connectivity index (χ2v) is 4.66. The summed E-state index contributed by atoms with van der Waals surface area (Å²) in [5.74, 6) is -0.631. The standard InChI is InChI=1S/C5H11N3O3S/c1-7-2-3-8(4-5(6)9)12(7,10)11/h2-4H2,1H3,(H2,6,9). The van der Waals surface area contributed by atoms with Gasteiger partial charge in [0.2, 0.25) is 5.91 Å². The van der Waals surface area contributed by atoms with Crippen molar-refractivity contribution in [2.45, 2.75) is 0 Å². The molecule has 1 amide bonds. The lowest BCUT2D eigenvalue weighted by Crippen LogP contribution is -2.37. The molecule has 7 heteroatoms. The fourth-order valence-electron chi connectivity index (χ4n) is 1.01. The predicted molar refractivity (Wildman–Crippen MR) is 42.3 cm³/mol. The van der Waals surface area contributed by atoms with Crippen LogP contribution in [-0.4, -0.2) is 49.6 Å². The SMILES string of the molecule is CN1CCN(CC(N)=O)S1(=O)=O. The minimum atomic E-state index is -3.40. The Morgan fingerprint density at radius 3 is 2.42 bits per heavy atom. The molecule has 6 nitrogen and oxygen atoms in total. The first-order valence-electron chi connectivity index (χ1n) is 3.44. The minimum Gasteiger partial charge on any atom is -0.369 e. The smallest absolute Gasteiger partial charge is 0.282 e. The van der Waals surface area contributed by atoms with Crippen LogP contribution in [0.2, 0.25) is 0 Å². The lowest BCUT2D eigenvalue weighted by atomic mass is 10.5. The van der Waals surface area contributed by atoms with E-state index in [2.05, 4.69) is 0 Å². The van der Waals surface area contributed by atoms with Gasteiger partial charge in [0.05, 0.1) is 6.54 Å². The molecule has 1 aliphatic rings. The van der Waals surface area contributed by atoms with E-state index in [-0.39, 0.29) is 6.54 Å². The van der Waals surface area contributed by atoms with E-state index in [0.29, 0.717) is 13.1 Å². The summed E-state index contributed by atoms with van der Waals surface area (Å²) in [5, 5.41) is 0. The monoisotopic (exact) mass is 193 g/mol. The summed E-state index contributed by atoms with van der Waals surface area (Å²) in [4.78, 5) is 10.4. The first-order valence-corrected chi connectivity index (χ1v) is 4.84. The van der Waals surface area contributed by atoms with Crippen molar-refractivity contribution >= 4 is 16.1 Å². The maximum atomic E-state index is 11.3. The van der Waals surface area contributed by atoms with Crippen LogP contribution in [0.15, 0.2) is 0 Å². The van der Waals surface area contributed by atoms with E-state index in [9.17, 15) is 13.2 Å². The van der Waals surface area contributed by atoms with Crippen molar-refractivity contribution in [1.82, 2.24) is 8.61 Å². The molecule has 70 valence electrons. The molecule has 1 saturated heterocycles. The molecule has 0 atom stereocenters. The van der Waals surface area contributed by atoms with Crippen LogP contribution in [0.4, 0.5) is 0 Å². The zero-order valence-electron chi connectivity index (χ0n) is 6.73. The molecule has 1 aliphatic heterocycles. The van der Waals surface area contributed by atoms with E-state index in [0.717, 1.165) is 4.31 Å². The fourth-order valence-corrected chi connectivity index (χ4v) is 2.32. The summed E-state index contributed by atoms with van der Waals surface area (Å²) in [5.41, 5.74) is 4.88. The molecule has 1 heterocycles. The summed E-state index contributed by atoms with van der Waals surface area (Å²) >= 11 is 0. The zero-order valence-corrected chi connectivity index (χ0v) is 7.54. The molecule has 1 fully saturated rings. The van der Waals surface area contributed by atoms with E-state index in [1.165, 1.54) is 11.4 Å². The quantitative estimate of drug-likeness (QED) is 0.548. The van der Waals surface area contributed by atoms with Crippen LogP contribution < -0.4 is 5.73 Å². The second kappa shape index (κ2) is 3.00. The van der Waals surface area contributed by atoms with Crippen LogP contribution >= 0.6 is 0 Å². The highest BCUT2D eigenvalue weighted by Gasteiger charge is 2.34. The van der Waals surface area contributed by atoms with E-state index in [1.54, 1.807) is 0 Å². The highest BCUT2D eigenvalue weighted by molar-refractivity contribution is 7.87. The third-order valence-corrected chi connectivity index (χ3v) is 3.65. The van der Waals surface area contributed by atoms with Gasteiger partial charge in [0.15, 0.2) is 0 Å². The van der Waals surface area contributed by atoms with Gasteiger partial charge in [-0.05, 0) is 0 Å². The van der Waals surface area contributed by atoms with Crippen molar-refractivity contribution in [3.05, 3.63) is 0 Å².